The number of carboxylic acid groups (broad SMARTS) is 1. The van der Waals surface area contributed by atoms with Gasteiger partial charge < -0.3 is 15.3 Å². The van der Waals surface area contributed by atoms with Gasteiger partial charge in [0.05, 0.1) is 0 Å². The van der Waals surface area contributed by atoms with Gasteiger partial charge in [-0.2, -0.15) is 0 Å². The number of hydrogen-bond acceptors (Lipinski definition) is 2. The molecule has 0 saturated heterocycles. The van der Waals surface area contributed by atoms with Crippen molar-refractivity contribution in [2.75, 3.05) is 6.54 Å². The van der Waals surface area contributed by atoms with E-state index >= 15 is 0 Å². The first-order valence-corrected chi connectivity index (χ1v) is 6.53. The second kappa shape index (κ2) is 7.95. The van der Waals surface area contributed by atoms with Crippen molar-refractivity contribution in [2.45, 2.75) is 59.5 Å². The standard InChI is InChI=1S/C13H26N2O3/c1-9(2)8-15(10(3)4)13(18)14-11(5)6-7-12(16)17/h9-11H,6-8H2,1-5H3,(H,14,18)(H,16,17). The van der Waals surface area contributed by atoms with Crippen LogP contribution in [-0.4, -0.2) is 40.6 Å². The number of rotatable bonds is 7. The van der Waals surface area contributed by atoms with Gasteiger partial charge in [-0.3, -0.25) is 4.79 Å². The largest absolute Gasteiger partial charge is 0.481 e. The third-order valence-corrected chi connectivity index (χ3v) is 2.61. The van der Waals surface area contributed by atoms with E-state index in [0.29, 0.717) is 18.9 Å². The van der Waals surface area contributed by atoms with E-state index in [1.54, 1.807) is 4.90 Å². The van der Waals surface area contributed by atoms with Gasteiger partial charge in [0, 0.05) is 25.0 Å². The van der Waals surface area contributed by atoms with Crippen molar-refractivity contribution >= 4 is 12.0 Å². The number of carboxylic acids is 1. The number of nitrogens with zero attached hydrogens (tertiary/aromatic N) is 1. The van der Waals surface area contributed by atoms with Crippen LogP contribution in [0.15, 0.2) is 0 Å². The molecule has 5 nitrogen and oxygen atoms in total. The zero-order valence-electron chi connectivity index (χ0n) is 12.1. The van der Waals surface area contributed by atoms with Gasteiger partial charge in [0.1, 0.15) is 0 Å². The van der Waals surface area contributed by atoms with Crippen LogP contribution >= 0.6 is 0 Å². The minimum atomic E-state index is -0.834. The predicted molar refractivity (Wildman–Crippen MR) is 71.5 cm³/mol. The third-order valence-electron chi connectivity index (χ3n) is 2.61. The quantitative estimate of drug-likeness (QED) is 0.736. The van der Waals surface area contributed by atoms with E-state index in [1.807, 2.05) is 20.8 Å². The SMILES string of the molecule is CC(C)CN(C(=O)NC(C)CCC(=O)O)C(C)C. The van der Waals surface area contributed by atoms with Crippen molar-refractivity contribution in [1.82, 2.24) is 10.2 Å². The molecule has 0 aromatic carbocycles. The van der Waals surface area contributed by atoms with E-state index in [4.69, 9.17) is 5.11 Å². The third kappa shape index (κ3) is 7.14. The van der Waals surface area contributed by atoms with Crippen LogP contribution in [0.1, 0.15) is 47.5 Å². The molecule has 1 unspecified atom stereocenters. The molecule has 5 heteroatoms. The second-order valence-electron chi connectivity index (χ2n) is 5.42. The Labute approximate surface area is 110 Å². The monoisotopic (exact) mass is 258 g/mol. The summed E-state index contributed by atoms with van der Waals surface area (Å²) in [7, 11) is 0. The Balaban J connectivity index is 4.28. The zero-order valence-corrected chi connectivity index (χ0v) is 12.1. The van der Waals surface area contributed by atoms with E-state index in [2.05, 4.69) is 19.2 Å². The number of carbonyl (C=O) groups is 2. The first kappa shape index (κ1) is 16.7. The number of nitrogens with one attached hydrogen (secondary N) is 1. The van der Waals surface area contributed by atoms with Crippen molar-refractivity contribution in [2.24, 2.45) is 5.92 Å². The smallest absolute Gasteiger partial charge is 0.317 e. The second-order valence-corrected chi connectivity index (χ2v) is 5.42. The number of carbonyl (C=O) groups excluding carboxylic acids is 1. The molecule has 0 aliphatic rings. The van der Waals surface area contributed by atoms with Crippen molar-refractivity contribution in [3.63, 3.8) is 0 Å². The molecule has 0 radical (unpaired) electrons. The molecule has 0 heterocycles. The highest BCUT2D eigenvalue weighted by atomic mass is 16.4. The lowest BCUT2D eigenvalue weighted by molar-refractivity contribution is -0.137. The van der Waals surface area contributed by atoms with Crippen LogP contribution < -0.4 is 5.32 Å². The van der Waals surface area contributed by atoms with E-state index in [-0.39, 0.29) is 24.5 Å². The fourth-order valence-electron chi connectivity index (χ4n) is 1.63. The van der Waals surface area contributed by atoms with Gasteiger partial charge in [-0.15, -0.1) is 0 Å². The number of hydrogen-bond donors (Lipinski definition) is 2. The Morgan fingerprint density at radius 1 is 1.17 bits per heavy atom. The normalized spacial score (nSPS) is 12.6. The molecule has 0 saturated carbocycles. The van der Waals surface area contributed by atoms with Crippen LogP contribution in [0.3, 0.4) is 0 Å². The summed E-state index contributed by atoms with van der Waals surface area (Å²) in [6.45, 7) is 10.6. The molecule has 0 aliphatic carbocycles. The highest BCUT2D eigenvalue weighted by Gasteiger charge is 2.19. The van der Waals surface area contributed by atoms with Crippen molar-refractivity contribution in [3.8, 4) is 0 Å². The summed E-state index contributed by atoms with van der Waals surface area (Å²) in [5.74, 6) is -0.425. The Hall–Kier alpha value is -1.26. The Morgan fingerprint density at radius 3 is 2.11 bits per heavy atom. The molecule has 106 valence electrons. The fourth-order valence-corrected chi connectivity index (χ4v) is 1.63. The zero-order chi connectivity index (χ0) is 14.3. The van der Waals surface area contributed by atoms with Crippen molar-refractivity contribution in [1.29, 1.82) is 0 Å². The Kier molecular flexibility index (Phi) is 7.39. The molecule has 2 amide bonds. The maximum absolute atomic E-state index is 12.0. The lowest BCUT2D eigenvalue weighted by atomic mass is 10.1. The lowest BCUT2D eigenvalue weighted by Crippen LogP contribution is -2.48. The summed E-state index contributed by atoms with van der Waals surface area (Å²) in [5, 5.41) is 11.4. The van der Waals surface area contributed by atoms with Crippen LogP contribution in [0.4, 0.5) is 4.79 Å². The molecule has 0 rings (SSSR count). The predicted octanol–water partition coefficient (Wildman–Crippen LogP) is 2.32. The summed E-state index contributed by atoms with van der Waals surface area (Å²) in [6.07, 6.45) is 0.530. The van der Waals surface area contributed by atoms with E-state index in [0.717, 1.165) is 0 Å². The maximum atomic E-state index is 12.0. The topological polar surface area (TPSA) is 69.6 Å². The van der Waals surface area contributed by atoms with Gasteiger partial charge in [0.15, 0.2) is 0 Å². The van der Waals surface area contributed by atoms with Gasteiger partial charge in [0.25, 0.3) is 0 Å². The van der Waals surface area contributed by atoms with Gasteiger partial charge in [-0.1, -0.05) is 13.8 Å². The number of amides is 2. The summed E-state index contributed by atoms with van der Waals surface area (Å²) in [5.41, 5.74) is 0. The highest BCUT2D eigenvalue weighted by Crippen LogP contribution is 2.06. The average Bonchev–Trinajstić information content (AvgIpc) is 2.22. The van der Waals surface area contributed by atoms with Crippen LogP contribution in [-0.2, 0) is 4.79 Å². The van der Waals surface area contributed by atoms with Crippen LogP contribution in [0.5, 0.6) is 0 Å². The van der Waals surface area contributed by atoms with E-state index in [1.165, 1.54) is 0 Å². The van der Waals surface area contributed by atoms with E-state index in [9.17, 15) is 9.59 Å². The molecule has 0 bridgehead atoms. The summed E-state index contributed by atoms with van der Waals surface area (Å²) >= 11 is 0. The van der Waals surface area contributed by atoms with Crippen molar-refractivity contribution in [3.05, 3.63) is 0 Å². The molecule has 1 atom stereocenters. The summed E-state index contributed by atoms with van der Waals surface area (Å²) < 4.78 is 0. The molecule has 0 aromatic rings. The first-order valence-electron chi connectivity index (χ1n) is 6.53. The van der Waals surface area contributed by atoms with Gasteiger partial charge in [-0.25, -0.2) is 4.79 Å². The Morgan fingerprint density at radius 2 is 1.72 bits per heavy atom. The molecule has 0 fully saturated rings. The van der Waals surface area contributed by atoms with Gasteiger partial charge in [0.2, 0.25) is 0 Å². The molecule has 2 N–H and O–H groups in total. The molecule has 0 aromatic heterocycles. The minimum absolute atomic E-state index is 0.0767. The van der Waals surface area contributed by atoms with Crippen LogP contribution in [0.25, 0.3) is 0 Å². The first-order chi connectivity index (χ1) is 8.23. The van der Waals surface area contributed by atoms with Crippen LogP contribution in [0.2, 0.25) is 0 Å². The maximum Gasteiger partial charge on any atom is 0.317 e. The van der Waals surface area contributed by atoms with Crippen molar-refractivity contribution < 1.29 is 14.7 Å². The fraction of sp³-hybridized carbons (Fsp3) is 0.846. The highest BCUT2D eigenvalue weighted by molar-refractivity contribution is 5.75. The molecular weight excluding hydrogens is 232 g/mol. The Bertz CT molecular complexity index is 277. The van der Waals surface area contributed by atoms with Gasteiger partial charge in [-0.05, 0) is 33.1 Å². The molecule has 0 aliphatic heterocycles. The average molecular weight is 258 g/mol. The molecule has 0 spiro atoms. The summed E-state index contributed by atoms with van der Waals surface area (Å²) in [4.78, 5) is 24.3. The number of aliphatic carboxylic acids is 1. The van der Waals surface area contributed by atoms with Crippen LogP contribution in [0, 0.1) is 5.92 Å². The number of urea groups is 1. The lowest BCUT2D eigenvalue weighted by Gasteiger charge is -2.30. The van der Waals surface area contributed by atoms with Gasteiger partial charge >= 0.3 is 12.0 Å². The molecule has 18 heavy (non-hydrogen) atoms. The van der Waals surface area contributed by atoms with E-state index < -0.39 is 5.97 Å². The molecular formula is C13H26N2O3. The summed E-state index contributed by atoms with van der Waals surface area (Å²) in [6, 6.07) is -0.0994. The minimum Gasteiger partial charge on any atom is -0.481 e.